The van der Waals surface area contributed by atoms with Gasteiger partial charge < -0.3 is 27.0 Å². The van der Waals surface area contributed by atoms with Crippen molar-refractivity contribution >= 4 is 131 Å². The van der Waals surface area contributed by atoms with Gasteiger partial charge in [-0.3, -0.25) is 0 Å². The number of furan rings is 3. The van der Waals surface area contributed by atoms with Crippen LogP contribution in [0.4, 0.5) is 0 Å². The van der Waals surface area contributed by atoms with Crippen molar-refractivity contribution in [3.8, 4) is 153 Å². The van der Waals surface area contributed by atoms with Crippen LogP contribution >= 0.6 is 0 Å². The number of hydrogen-bond acceptors (Lipinski definition) is 12. The van der Waals surface area contributed by atoms with Gasteiger partial charge in [-0.1, -0.05) is 352 Å². The maximum atomic E-state index is 6.23. The Morgan fingerprint density at radius 1 is 0.127 bits per heavy atom. The first-order valence-corrected chi connectivity index (χ1v) is 50.1. The molecule has 15 nitrogen and oxygen atoms in total. The minimum absolute atomic E-state index is 0.590. The van der Waals surface area contributed by atoms with Crippen molar-refractivity contribution in [2.24, 2.45) is 0 Å². The number of rotatable bonds is 15. The van der Waals surface area contributed by atoms with Crippen molar-refractivity contribution in [1.29, 1.82) is 0 Å². The van der Waals surface area contributed by atoms with E-state index in [2.05, 4.69) is 359 Å². The predicted octanol–water partition coefficient (Wildman–Crippen LogP) is 34.6. The monoisotopic (exact) mass is 1920 g/mol. The second-order valence-electron chi connectivity index (χ2n) is 37.4. The van der Waals surface area contributed by atoms with Gasteiger partial charge in [-0.15, -0.1) is 0 Å². The van der Waals surface area contributed by atoms with Crippen molar-refractivity contribution in [1.82, 2.24) is 58.6 Å². The van der Waals surface area contributed by atoms with Crippen LogP contribution in [0.25, 0.3) is 284 Å². The normalized spacial score (nSPS) is 11.6. The highest BCUT2D eigenvalue weighted by atomic mass is 16.3. The van der Waals surface area contributed by atoms with Gasteiger partial charge in [0, 0.05) is 132 Å². The third-order valence-electron chi connectivity index (χ3n) is 28.4. The van der Waals surface area contributed by atoms with E-state index in [1.165, 1.54) is 60.1 Å². The molecule has 9 heterocycles. The molecule has 702 valence electrons. The summed E-state index contributed by atoms with van der Waals surface area (Å²) in [6.45, 7) is 0. The van der Waals surface area contributed by atoms with Gasteiger partial charge in [0.25, 0.3) is 0 Å². The zero-order valence-corrected chi connectivity index (χ0v) is 80.6. The van der Waals surface area contributed by atoms with Gasteiger partial charge in [0.2, 0.25) is 0 Å². The van der Waals surface area contributed by atoms with E-state index < -0.39 is 0 Å². The number of aromatic nitrogens is 12. The Morgan fingerprint density at radius 3 is 0.800 bits per heavy atom. The summed E-state index contributed by atoms with van der Waals surface area (Å²) in [5.41, 5.74) is 30.3. The van der Waals surface area contributed by atoms with Crippen LogP contribution in [0.2, 0.25) is 0 Å². The minimum atomic E-state index is 0.590. The summed E-state index contributed by atoms with van der Waals surface area (Å²) in [4.78, 5) is 45.1. The molecule has 21 aromatic carbocycles. The van der Waals surface area contributed by atoms with E-state index in [0.717, 1.165) is 172 Å². The summed E-state index contributed by atoms with van der Waals surface area (Å²) in [5, 5.41) is 13.8. The van der Waals surface area contributed by atoms with Crippen LogP contribution in [0.1, 0.15) is 0 Å². The van der Waals surface area contributed by atoms with Crippen molar-refractivity contribution in [2.45, 2.75) is 0 Å². The third kappa shape index (κ3) is 15.9. The lowest BCUT2D eigenvalue weighted by atomic mass is 9.97. The van der Waals surface area contributed by atoms with E-state index in [9.17, 15) is 0 Å². The molecule has 0 aliphatic carbocycles. The van der Waals surface area contributed by atoms with Gasteiger partial charge in [-0.25, -0.2) is 44.9 Å². The Bertz CT molecular complexity index is 10500. The van der Waals surface area contributed by atoms with Crippen LogP contribution in [0.15, 0.2) is 523 Å². The number of hydrogen-bond donors (Lipinski definition) is 0. The number of nitrogens with zero attached hydrogens (tertiary/aromatic N) is 12. The fraction of sp³-hybridized carbons (Fsp3) is 0. The Balaban J connectivity index is 0.000000108. The highest BCUT2D eigenvalue weighted by Gasteiger charge is 2.25. The molecule has 0 atom stereocenters. The molecule has 0 aliphatic rings. The zero-order chi connectivity index (χ0) is 99.1. The standard InChI is InChI=1S/3C45H28N4O/c1-3-13-29(14-4-1)43-46-44(48-45(47-43)32-25-26-36-35-19-8-10-24-40(35)50-41(36)28-32)31-16-11-15-30(27-31)34-21-12-23-39-42(34)37-20-7-9-22-38(37)49(39)33-17-5-2-6-18-33;1-3-12-29(13-4-1)31-23-25-40-38(27-31)35-18-7-9-20-39(35)49(40)34-17-11-16-32(26-34)44-46-43(30-14-5-2-6-15-30)47-45(48-44)33-22-24-37-36-19-8-10-21-41(36)50-42(37)28-33;1-3-11-29(12-4-1)32-22-26-40-38(27-32)35-15-7-9-17-39(35)49(40)34-23-19-31(20-24-34)44-46-43(30-13-5-2-6-14-30)47-45(48-44)33-21-25-37-36-16-8-10-18-41(36)50-42(37)28-33/h3*1-28H. The van der Waals surface area contributed by atoms with Crippen molar-refractivity contribution in [3.63, 3.8) is 0 Å². The fourth-order valence-electron chi connectivity index (χ4n) is 21.3. The highest BCUT2D eigenvalue weighted by molar-refractivity contribution is 6.17. The lowest BCUT2D eigenvalue weighted by Gasteiger charge is -2.12. The van der Waals surface area contributed by atoms with Gasteiger partial charge >= 0.3 is 0 Å². The van der Waals surface area contributed by atoms with E-state index in [1.807, 2.05) is 164 Å². The summed E-state index contributed by atoms with van der Waals surface area (Å²) in [6, 6.07) is 176. The van der Waals surface area contributed by atoms with Crippen molar-refractivity contribution in [3.05, 3.63) is 510 Å². The molecular formula is C135H84N12O3. The molecule has 0 saturated heterocycles. The van der Waals surface area contributed by atoms with Crippen LogP contribution in [0, 0.1) is 0 Å². The summed E-state index contributed by atoms with van der Waals surface area (Å²) < 4.78 is 25.7. The van der Waals surface area contributed by atoms with E-state index in [4.69, 9.17) is 58.1 Å². The summed E-state index contributed by atoms with van der Waals surface area (Å²) in [6.07, 6.45) is 0. The van der Waals surface area contributed by atoms with Crippen LogP contribution in [0.3, 0.4) is 0 Å². The predicted molar refractivity (Wildman–Crippen MR) is 610 cm³/mol. The van der Waals surface area contributed by atoms with E-state index >= 15 is 0 Å². The first kappa shape index (κ1) is 87.3. The molecule has 9 aromatic heterocycles. The maximum Gasteiger partial charge on any atom is 0.164 e. The SMILES string of the molecule is c1ccc(-c2ccc3c(c2)c2ccccc2n3-c2ccc(-c3nc(-c4ccccc4)nc(-c4ccc5c(c4)oc4ccccc45)n3)cc2)cc1.c1ccc(-c2ccc3c(c2)c2ccccc2n3-c2cccc(-c3nc(-c4ccccc4)nc(-c4ccc5c(c4)oc4ccccc45)n3)c2)cc1.c1ccc(-c2nc(-c3cccc(-c4cccc5c4c4ccccc4n5-c4ccccc4)c3)nc(-c3ccc4c(c3)oc3ccccc34)n2)cc1. The highest BCUT2D eigenvalue weighted by Crippen LogP contribution is 2.45. The molecule has 0 saturated carbocycles. The van der Waals surface area contributed by atoms with E-state index in [-0.39, 0.29) is 0 Å². The van der Waals surface area contributed by atoms with Gasteiger partial charge in [0.05, 0.1) is 33.1 Å². The fourth-order valence-corrected chi connectivity index (χ4v) is 21.3. The molecule has 0 unspecified atom stereocenters. The maximum absolute atomic E-state index is 6.23. The third-order valence-corrected chi connectivity index (χ3v) is 28.4. The molecule has 0 radical (unpaired) electrons. The van der Waals surface area contributed by atoms with Crippen LogP contribution in [-0.2, 0) is 0 Å². The Kier molecular flexibility index (Phi) is 21.5. The van der Waals surface area contributed by atoms with Crippen LogP contribution in [-0.4, -0.2) is 58.6 Å². The molecular weight excluding hydrogens is 1840 g/mol. The summed E-state index contributed by atoms with van der Waals surface area (Å²) >= 11 is 0. The second kappa shape index (κ2) is 37.0. The van der Waals surface area contributed by atoms with E-state index in [1.54, 1.807) is 0 Å². The molecule has 150 heavy (non-hydrogen) atoms. The zero-order valence-electron chi connectivity index (χ0n) is 80.6. The van der Waals surface area contributed by atoms with Gasteiger partial charge in [0.15, 0.2) is 52.4 Å². The van der Waals surface area contributed by atoms with Gasteiger partial charge in [0.1, 0.15) is 33.5 Å². The lowest BCUT2D eigenvalue weighted by Crippen LogP contribution is -2.01. The molecule has 30 aromatic rings. The lowest BCUT2D eigenvalue weighted by molar-refractivity contribution is 0.668. The molecule has 0 spiro atoms. The van der Waals surface area contributed by atoms with E-state index in [0.29, 0.717) is 52.4 Å². The molecule has 0 bridgehead atoms. The first-order chi connectivity index (χ1) is 74.3. The summed E-state index contributed by atoms with van der Waals surface area (Å²) in [5.74, 6) is 5.46. The molecule has 0 amide bonds. The minimum Gasteiger partial charge on any atom is -0.456 e. The van der Waals surface area contributed by atoms with Crippen LogP contribution < -0.4 is 0 Å². The summed E-state index contributed by atoms with van der Waals surface area (Å²) in [7, 11) is 0. The number of para-hydroxylation sites is 7. The smallest absolute Gasteiger partial charge is 0.164 e. The first-order valence-electron chi connectivity index (χ1n) is 50.1. The van der Waals surface area contributed by atoms with Gasteiger partial charge in [-0.2, -0.15) is 0 Å². The molecule has 15 heteroatoms. The van der Waals surface area contributed by atoms with Crippen molar-refractivity contribution in [2.75, 3.05) is 0 Å². The van der Waals surface area contributed by atoms with Crippen LogP contribution in [0.5, 0.6) is 0 Å². The number of benzene rings is 21. The average molecular weight is 1920 g/mol. The topological polar surface area (TPSA) is 170 Å². The van der Waals surface area contributed by atoms with Crippen molar-refractivity contribution < 1.29 is 13.3 Å². The second-order valence-corrected chi connectivity index (χ2v) is 37.4. The molecule has 0 N–H and O–H groups in total. The Morgan fingerprint density at radius 2 is 0.380 bits per heavy atom. The molecule has 30 rings (SSSR count). The quantitative estimate of drug-likeness (QED) is 0.0953. The Labute approximate surface area is 859 Å². The van der Waals surface area contributed by atoms with Gasteiger partial charge in [-0.05, 0) is 191 Å². The molecule has 0 aliphatic heterocycles. The molecule has 0 fully saturated rings. The average Bonchev–Trinajstić information content (AvgIpc) is 1.60. The largest absolute Gasteiger partial charge is 0.456 e. The number of fused-ring (bicyclic) bond motifs is 18. The Hall–Kier alpha value is -20.6.